The van der Waals surface area contributed by atoms with Crippen LogP contribution in [-0.2, 0) is 0 Å². The number of benzene rings is 1. The van der Waals surface area contributed by atoms with Crippen LogP contribution in [0.1, 0.15) is 37.2 Å². The Bertz CT molecular complexity index is 367. The zero-order valence-electron chi connectivity index (χ0n) is 8.79. The summed E-state index contributed by atoms with van der Waals surface area (Å²) in [5.41, 5.74) is -0.0429. The van der Waals surface area contributed by atoms with Gasteiger partial charge in [0, 0.05) is 0 Å². The molecule has 1 saturated carbocycles. The van der Waals surface area contributed by atoms with E-state index in [0.29, 0.717) is 5.56 Å². The normalized spacial score (nSPS) is 16.8. The van der Waals surface area contributed by atoms with Crippen molar-refractivity contribution in [2.75, 3.05) is 0 Å². The molecule has 86 valence electrons. The molecule has 1 fully saturated rings. The average molecular weight is 226 g/mol. The molecule has 2 N–H and O–H groups in total. The molecule has 0 unspecified atom stereocenters. The lowest BCUT2D eigenvalue weighted by Gasteiger charge is -2.12. The second-order valence-electron chi connectivity index (χ2n) is 4.25. The van der Waals surface area contributed by atoms with E-state index >= 15 is 0 Å². The van der Waals surface area contributed by atoms with E-state index in [9.17, 15) is 8.78 Å². The maximum absolute atomic E-state index is 13.5. The first-order chi connectivity index (χ1) is 7.59. The predicted molar refractivity (Wildman–Crippen MR) is 57.4 cm³/mol. The fourth-order valence-electron chi connectivity index (χ4n) is 2.35. The first-order valence-corrected chi connectivity index (χ1v) is 5.44. The van der Waals surface area contributed by atoms with Crippen LogP contribution in [0.25, 0.3) is 0 Å². The van der Waals surface area contributed by atoms with Gasteiger partial charge in [-0.05, 0) is 36.5 Å². The standard InChI is InChI=1S/C11H13BF2O2/c13-9-5-8(7-3-1-2-4-7)6-10(14)11(9)12(15)16/h5-7,15-16H,1-4H2. The van der Waals surface area contributed by atoms with Gasteiger partial charge in [-0.15, -0.1) is 0 Å². The molecular formula is C11H13BF2O2. The van der Waals surface area contributed by atoms with Gasteiger partial charge in [-0.3, -0.25) is 0 Å². The average Bonchev–Trinajstić information content (AvgIpc) is 2.67. The predicted octanol–water partition coefficient (Wildman–Crippen LogP) is 1.30. The maximum Gasteiger partial charge on any atom is 0.494 e. The van der Waals surface area contributed by atoms with Gasteiger partial charge in [0.25, 0.3) is 0 Å². The van der Waals surface area contributed by atoms with E-state index in [4.69, 9.17) is 10.0 Å². The van der Waals surface area contributed by atoms with E-state index < -0.39 is 24.2 Å². The third-order valence-corrected chi connectivity index (χ3v) is 3.19. The molecule has 0 bridgehead atoms. The highest BCUT2D eigenvalue weighted by Gasteiger charge is 2.25. The molecule has 0 aromatic heterocycles. The minimum atomic E-state index is -2.10. The summed E-state index contributed by atoms with van der Waals surface area (Å²) in [5.74, 6) is -1.55. The molecule has 1 aromatic carbocycles. The fourth-order valence-corrected chi connectivity index (χ4v) is 2.35. The molecule has 1 aromatic rings. The molecule has 0 atom stereocenters. The molecule has 0 spiro atoms. The largest absolute Gasteiger partial charge is 0.494 e. The highest BCUT2D eigenvalue weighted by molar-refractivity contribution is 6.58. The van der Waals surface area contributed by atoms with Crippen molar-refractivity contribution in [2.45, 2.75) is 31.6 Å². The van der Waals surface area contributed by atoms with Gasteiger partial charge in [-0.25, -0.2) is 8.78 Å². The summed E-state index contributed by atoms with van der Waals surface area (Å²) >= 11 is 0. The van der Waals surface area contributed by atoms with Crippen LogP contribution < -0.4 is 5.46 Å². The Hall–Kier alpha value is -0.935. The van der Waals surface area contributed by atoms with Crippen molar-refractivity contribution in [3.63, 3.8) is 0 Å². The Kier molecular flexibility index (Phi) is 3.26. The second kappa shape index (κ2) is 4.51. The lowest BCUT2D eigenvalue weighted by atomic mass is 9.78. The molecule has 2 nitrogen and oxygen atoms in total. The van der Waals surface area contributed by atoms with Crippen LogP contribution in [-0.4, -0.2) is 17.2 Å². The van der Waals surface area contributed by atoms with Gasteiger partial charge in [0.15, 0.2) is 0 Å². The second-order valence-corrected chi connectivity index (χ2v) is 4.25. The van der Waals surface area contributed by atoms with Crippen molar-refractivity contribution < 1.29 is 18.8 Å². The minimum absolute atomic E-state index is 0.203. The number of rotatable bonds is 2. The van der Waals surface area contributed by atoms with Gasteiger partial charge >= 0.3 is 7.12 Å². The van der Waals surface area contributed by atoms with E-state index in [2.05, 4.69) is 0 Å². The van der Waals surface area contributed by atoms with Crippen LogP contribution in [0.3, 0.4) is 0 Å². The zero-order valence-corrected chi connectivity index (χ0v) is 8.79. The summed E-state index contributed by atoms with van der Waals surface area (Å²) in [5, 5.41) is 17.6. The van der Waals surface area contributed by atoms with Crippen LogP contribution >= 0.6 is 0 Å². The number of hydrogen-bond acceptors (Lipinski definition) is 2. The minimum Gasteiger partial charge on any atom is -0.423 e. The molecule has 5 heteroatoms. The zero-order chi connectivity index (χ0) is 11.7. The molecule has 1 aliphatic rings. The Labute approximate surface area is 93.1 Å². The maximum atomic E-state index is 13.5. The smallest absolute Gasteiger partial charge is 0.423 e. The summed E-state index contributed by atoms with van der Waals surface area (Å²) in [6.07, 6.45) is 4.05. The molecule has 2 rings (SSSR count). The highest BCUT2D eigenvalue weighted by Crippen LogP contribution is 2.34. The van der Waals surface area contributed by atoms with E-state index in [1.807, 2.05) is 0 Å². The molecule has 0 saturated heterocycles. The van der Waals surface area contributed by atoms with Crippen molar-refractivity contribution in [2.24, 2.45) is 0 Å². The molecule has 0 aliphatic heterocycles. The van der Waals surface area contributed by atoms with Gasteiger partial charge in [-0.1, -0.05) is 12.8 Å². The molecule has 0 heterocycles. The fraction of sp³-hybridized carbons (Fsp3) is 0.455. The van der Waals surface area contributed by atoms with Crippen molar-refractivity contribution in [1.82, 2.24) is 0 Å². The number of hydrogen-bond donors (Lipinski definition) is 2. The van der Waals surface area contributed by atoms with Gasteiger partial charge in [0.2, 0.25) is 0 Å². The van der Waals surface area contributed by atoms with Crippen molar-refractivity contribution in [1.29, 1.82) is 0 Å². The summed E-state index contributed by atoms with van der Waals surface area (Å²) in [4.78, 5) is 0. The van der Waals surface area contributed by atoms with Crippen LogP contribution in [0, 0.1) is 11.6 Å². The van der Waals surface area contributed by atoms with Crippen molar-refractivity contribution >= 4 is 12.6 Å². The monoisotopic (exact) mass is 226 g/mol. The molecule has 0 radical (unpaired) electrons. The lowest BCUT2D eigenvalue weighted by molar-refractivity contribution is 0.419. The van der Waals surface area contributed by atoms with Crippen LogP contribution in [0.15, 0.2) is 12.1 Å². The SMILES string of the molecule is OB(O)c1c(F)cc(C2CCCC2)cc1F. The summed E-state index contributed by atoms with van der Waals surface area (Å²) < 4.78 is 26.9. The van der Waals surface area contributed by atoms with Crippen molar-refractivity contribution in [3.8, 4) is 0 Å². The third-order valence-electron chi connectivity index (χ3n) is 3.19. The van der Waals surface area contributed by atoms with Crippen LogP contribution in [0.2, 0.25) is 0 Å². The Balaban J connectivity index is 2.36. The molecule has 16 heavy (non-hydrogen) atoms. The van der Waals surface area contributed by atoms with E-state index in [-0.39, 0.29) is 5.92 Å². The first kappa shape index (κ1) is 11.5. The first-order valence-electron chi connectivity index (χ1n) is 5.44. The molecule has 1 aliphatic carbocycles. The molecular weight excluding hydrogens is 213 g/mol. The highest BCUT2D eigenvalue weighted by atomic mass is 19.1. The summed E-state index contributed by atoms with van der Waals surface area (Å²) in [6.45, 7) is 0. The van der Waals surface area contributed by atoms with Crippen LogP contribution in [0.5, 0.6) is 0 Å². The Morgan fingerprint density at radius 1 is 1.06 bits per heavy atom. The summed E-state index contributed by atoms with van der Waals surface area (Å²) in [7, 11) is -2.10. The summed E-state index contributed by atoms with van der Waals surface area (Å²) in [6, 6.07) is 2.43. The lowest BCUT2D eigenvalue weighted by Crippen LogP contribution is -2.36. The third kappa shape index (κ3) is 2.10. The quantitative estimate of drug-likeness (QED) is 0.746. The van der Waals surface area contributed by atoms with E-state index in [1.54, 1.807) is 0 Å². The van der Waals surface area contributed by atoms with Gasteiger partial charge in [0.05, 0.1) is 5.46 Å². The van der Waals surface area contributed by atoms with Crippen LogP contribution in [0.4, 0.5) is 8.78 Å². The van der Waals surface area contributed by atoms with E-state index in [0.717, 1.165) is 25.7 Å². The van der Waals surface area contributed by atoms with Gasteiger partial charge in [-0.2, -0.15) is 0 Å². The Morgan fingerprint density at radius 3 is 2.00 bits per heavy atom. The molecule has 0 amide bonds. The topological polar surface area (TPSA) is 40.5 Å². The Morgan fingerprint density at radius 2 is 1.56 bits per heavy atom. The van der Waals surface area contributed by atoms with Crippen molar-refractivity contribution in [3.05, 3.63) is 29.3 Å². The van der Waals surface area contributed by atoms with E-state index in [1.165, 1.54) is 12.1 Å². The number of halogens is 2. The van der Waals surface area contributed by atoms with Gasteiger partial charge in [0.1, 0.15) is 11.6 Å². The van der Waals surface area contributed by atoms with Gasteiger partial charge < -0.3 is 10.0 Å².